The van der Waals surface area contributed by atoms with Gasteiger partial charge >= 0.3 is 6.18 Å². The lowest BCUT2D eigenvalue weighted by molar-refractivity contribution is -0.132. The average Bonchev–Trinajstić information content (AvgIpc) is 3.09. The van der Waals surface area contributed by atoms with Crippen molar-refractivity contribution in [1.29, 1.82) is 0 Å². The number of aliphatic imine (C=N–C) groups is 2. The molecular weight excluding hydrogens is 377 g/mol. The van der Waals surface area contributed by atoms with Crippen molar-refractivity contribution in [2.45, 2.75) is 45.7 Å². The van der Waals surface area contributed by atoms with E-state index in [-0.39, 0.29) is 6.42 Å². The van der Waals surface area contributed by atoms with Gasteiger partial charge in [-0.2, -0.15) is 18.3 Å². The first-order valence-electron chi connectivity index (χ1n) is 9.60. The molecule has 0 aromatic heterocycles. The van der Waals surface area contributed by atoms with E-state index in [2.05, 4.69) is 41.2 Å². The summed E-state index contributed by atoms with van der Waals surface area (Å²) in [5, 5.41) is 6.41. The highest BCUT2D eigenvalue weighted by atomic mass is 19.4. The molecule has 29 heavy (non-hydrogen) atoms. The minimum absolute atomic E-state index is 0.135. The highest BCUT2D eigenvalue weighted by molar-refractivity contribution is 6.11. The lowest BCUT2D eigenvalue weighted by Crippen LogP contribution is -2.23. The van der Waals surface area contributed by atoms with Gasteiger partial charge in [0.2, 0.25) is 0 Å². The first-order valence-corrected chi connectivity index (χ1v) is 9.60. The summed E-state index contributed by atoms with van der Waals surface area (Å²) >= 11 is 0. The molecule has 0 saturated carbocycles. The first-order chi connectivity index (χ1) is 13.7. The third-order valence-corrected chi connectivity index (χ3v) is 4.42. The van der Waals surface area contributed by atoms with E-state index in [0.717, 1.165) is 29.8 Å². The smallest absolute Gasteiger partial charge is 0.285 e. The van der Waals surface area contributed by atoms with Crippen LogP contribution in [0.1, 0.15) is 39.5 Å². The summed E-state index contributed by atoms with van der Waals surface area (Å²) in [5.41, 5.74) is 4.70. The van der Waals surface area contributed by atoms with E-state index in [1.807, 2.05) is 6.08 Å². The summed E-state index contributed by atoms with van der Waals surface area (Å²) in [5.74, 6) is 0. The van der Waals surface area contributed by atoms with E-state index in [4.69, 9.17) is 0 Å². The molecule has 0 amide bonds. The van der Waals surface area contributed by atoms with Gasteiger partial charge in [0.15, 0.2) is 0 Å². The molecule has 0 saturated heterocycles. The molecule has 2 rings (SSSR count). The molecule has 0 aliphatic carbocycles. The summed E-state index contributed by atoms with van der Waals surface area (Å²) in [4.78, 5) is 8.68. The lowest BCUT2D eigenvalue weighted by Gasteiger charge is -2.24. The Morgan fingerprint density at radius 1 is 1.34 bits per heavy atom. The van der Waals surface area contributed by atoms with Crippen LogP contribution in [0, 0.1) is 0 Å². The zero-order valence-electron chi connectivity index (χ0n) is 17.0. The number of nitrogens with zero attached hydrogens (tertiary/aromatic N) is 4. The van der Waals surface area contributed by atoms with Gasteiger partial charge in [0.1, 0.15) is 0 Å². The molecule has 2 heterocycles. The molecule has 156 valence electrons. The molecule has 2 aliphatic heterocycles. The SMILES string of the molecule is C=C/C(=C\N=C(C)CCC(F)(F)F)C1=NN(CC2=CC(CCC)=NC2)C(=C)C=C1. The van der Waals surface area contributed by atoms with Crippen LogP contribution < -0.4 is 0 Å². The zero-order valence-corrected chi connectivity index (χ0v) is 17.0. The van der Waals surface area contributed by atoms with Crippen LogP contribution in [0.4, 0.5) is 13.2 Å². The van der Waals surface area contributed by atoms with Crippen molar-refractivity contribution >= 4 is 17.1 Å². The number of hydrogen-bond donors (Lipinski definition) is 0. The number of rotatable bonds is 9. The quantitative estimate of drug-likeness (QED) is 0.355. The topological polar surface area (TPSA) is 40.3 Å². The summed E-state index contributed by atoms with van der Waals surface area (Å²) in [6.07, 6.45) is 5.68. The predicted molar refractivity (Wildman–Crippen MR) is 114 cm³/mol. The maximum Gasteiger partial charge on any atom is 0.389 e. The third-order valence-electron chi connectivity index (χ3n) is 4.42. The van der Waals surface area contributed by atoms with E-state index in [1.165, 1.54) is 6.20 Å². The highest BCUT2D eigenvalue weighted by Gasteiger charge is 2.26. The Bertz CT molecular complexity index is 823. The molecule has 2 aliphatic rings. The third kappa shape index (κ3) is 7.33. The summed E-state index contributed by atoms with van der Waals surface area (Å²) in [6.45, 7) is 12.8. The molecule has 0 aromatic rings. The van der Waals surface area contributed by atoms with Gasteiger partial charge in [0.05, 0.1) is 24.5 Å². The minimum Gasteiger partial charge on any atom is -0.285 e. The molecule has 4 nitrogen and oxygen atoms in total. The van der Waals surface area contributed by atoms with Crippen molar-refractivity contribution in [3.05, 3.63) is 60.5 Å². The Morgan fingerprint density at radius 2 is 2.10 bits per heavy atom. The van der Waals surface area contributed by atoms with Gasteiger partial charge in [-0.15, -0.1) is 0 Å². The van der Waals surface area contributed by atoms with Crippen molar-refractivity contribution in [2.24, 2.45) is 15.1 Å². The Labute approximate surface area is 170 Å². The van der Waals surface area contributed by atoms with Gasteiger partial charge < -0.3 is 0 Å². The summed E-state index contributed by atoms with van der Waals surface area (Å²) < 4.78 is 37.0. The molecule has 0 aromatic carbocycles. The van der Waals surface area contributed by atoms with Gasteiger partial charge in [0.25, 0.3) is 0 Å². The molecule has 0 unspecified atom stereocenters. The van der Waals surface area contributed by atoms with Crippen molar-refractivity contribution < 1.29 is 13.2 Å². The fourth-order valence-electron chi connectivity index (χ4n) is 2.80. The number of hydrazone groups is 1. The van der Waals surface area contributed by atoms with Crippen LogP contribution >= 0.6 is 0 Å². The maximum atomic E-state index is 12.3. The van der Waals surface area contributed by atoms with E-state index < -0.39 is 12.6 Å². The normalized spacial score (nSPS) is 18.0. The highest BCUT2D eigenvalue weighted by Crippen LogP contribution is 2.22. The molecule has 7 heteroatoms. The molecule has 0 bridgehead atoms. The number of halogens is 3. The Kier molecular flexibility index (Phi) is 7.93. The summed E-state index contributed by atoms with van der Waals surface area (Å²) in [7, 11) is 0. The zero-order chi connectivity index (χ0) is 21.4. The van der Waals surface area contributed by atoms with Gasteiger partial charge in [-0.1, -0.05) is 32.6 Å². The van der Waals surface area contributed by atoms with Crippen LogP contribution in [0.2, 0.25) is 0 Å². The molecule has 0 radical (unpaired) electrons. The number of allylic oxidation sites excluding steroid dienone is 5. The largest absolute Gasteiger partial charge is 0.389 e. The van der Waals surface area contributed by atoms with E-state index >= 15 is 0 Å². The van der Waals surface area contributed by atoms with E-state index in [0.29, 0.717) is 30.1 Å². The van der Waals surface area contributed by atoms with Gasteiger partial charge in [-0.25, -0.2) is 0 Å². The number of hydrogen-bond acceptors (Lipinski definition) is 4. The fraction of sp³-hybridized carbons (Fsp3) is 0.409. The van der Waals surface area contributed by atoms with Crippen LogP contribution in [0.25, 0.3) is 0 Å². The van der Waals surface area contributed by atoms with E-state index in [1.54, 1.807) is 24.1 Å². The van der Waals surface area contributed by atoms with Crippen LogP contribution in [-0.2, 0) is 0 Å². The van der Waals surface area contributed by atoms with Crippen molar-refractivity contribution in [1.82, 2.24) is 5.01 Å². The molecule has 0 atom stereocenters. The van der Waals surface area contributed by atoms with E-state index in [9.17, 15) is 13.2 Å². The first kappa shape index (κ1) is 22.6. The Balaban J connectivity index is 2.09. The van der Waals surface area contributed by atoms with Crippen molar-refractivity contribution in [3.8, 4) is 0 Å². The second kappa shape index (κ2) is 10.2. The Morgan fingerprint density at radius 3 is 2.76 bits per heavy atom. The predicted octanol–water partition coefficient (Wildman–Crippen LogP) is 5.78. The molecule has 0 fully saturated rings. The van der Waals surface area contributed by atoms with Gasteiger partial charge in [0, 0.05) is 29.6 Å². The fourth-order valence-corrected chi connectivity index (χ4v) is 2.80. The molecule has 0 spiro atoms. The molecular formula is C22H27F3N4. The van der Waals surface area contributed by atoms with Crippen LogP contribution in [0.15, 0.2) is 75.6 Å². The van der Waals surface area contributed by atoms with Crippen LogP contribution in [0.5, 0.6) is 0 Å². The minimum atomic E-state index is -4.19. The lowest BCUT2D eigenvalue weighted by atomic mass is 10.1. The van der Waals surface area contributed by atoms with Crippen molar-refractivity contribution in [3.63, 3.8) is 0 Å². The second-order valence-electron chi connectivity index (χ2n) is 7.00. The number of alkyl halides is 3. The average molecular weight is 404 g/mol. The van der Waals surface area contributed by atoms with Crippen LogP contribution in [0.3, 0.4) is 0 Å². The van der Waals surface area contributed by atoms with Gasteiger partial charge in [-0.05, 0) is 43.6 Å². The second-order valence-corrected chi connectivity index (χ2v) is 7.00. The van der Waals surface area contributed by atoms with Crippen molar-refractivity contribution in [2.75, 3.05) is 13.1 Å². The maximum absolute atomic E-state index is 12.3. The monoisotopic (exact) mass is 404 g/mol. The summed E-state index contributed by atoms with van der Waals surface area (Å²) in [6, 6.07) is 0. The van der Waals surface area contributed by atoms with Gasteiger partial charge in [-0.3, -0.25) is 15.0 Å². The molecule has 0 N–H and O–H groups in total. The Hall–Kier alpha value is -2.70. The standard InChI is InChI=1S/C22H27F3N4/c1-5-7-20-12-18(13-27-20)15-29-17(4)8-9-21(28-29)19(6-2)14-26-16(3)10-11-22(23,24)25/h6,8-9,12,14H,2,4-5,7,10-11,13,15H2,1,3H3/b19-14+,26-16?. The van der Waals surface area contributed by atoms with Crippen LogP contribution in [-0.4, -0.2) is 41.4 Å².